The van der Waals surface area contributed by atoms with Crippen molar-refractivity contribution in [3.05, 3.63) is 23.4 Å². The van der Waals surface area contributed by atoms with Gasteiger partial charge in [0.15, 0.2) is 0 Å². The van der Waals surface area contributed by atoms with Crippen molar-refractivity contribution in [2.75, 3.05) is 6.54 Å². The topological polar surface area (TPSA) is 24.7 Å². The summed E-state index contributed by atoms with van der Waals surface area (Å²) in [4.78, 5) is 8.23. The molecule has 0 aromatic heterocycles. The minimum Gasteiger partial charge on any atom is -0.292 e. The van der Waals surface area contributed by atoms with Crippen LogP contribution in [0.3, 0.4) is 0 Å². The third-order valence-electron chi connectivity index (χ3n) is 1.70. The molecular formula is C12H20N2. The van der Waals surface area contributed by atoms with E-state index in [2.05, 4.69) is 30.5 Å². The molecule has 2 nitrogen and oxygen atoms in total. The zero-order chi connectivity index (χ0) is 11.0. The van der Waals surface area contributed by atoms with E-state index in [4.69, 9.17) is 0 Å². The number of hydrogen-bond donors (Lipinski definition) is 0. The van der Waals surface area contributed by atoms with Gasteiger partial charge in [0.1, 0.15) is 0 Å². The van der Waals surface area contributed by atoms with Crippen molar-refractivity contribution >= 4 is 12.9 Å². The Hall–Kier alpha value is -1.18. The fourth-order valence-corrected chi connectivity index (χ4v) is 0.890. The average molecular weight is 192 g/mol. The molecule has 0 bridgehead atoms. The summed E-state index contributed by atoms with van der Waals surface area (Å²) >= 11 is 0. The second-order valence-corrected chi connectivity index (χ2v) is 3.59. The van der Waals surface area contributed by atoms with Crippen LogP contribution in [0.1, 0.15) is 27.7 Å². The Balaban J connectivity index is 4.54. The molecule has 2 heteroatoms. The van der Waals surface area contributed by atoms with E-state index in [0.717, 1.165) is 17.8 Å². The molecule has 14 heavy (non-hydrogen) atoms. The Morgan fingerprint density at radius 2 is 2.07 bits per heavy atom. The lowest BCUT2D eigenvalue weighted by Crippen LogP contribution is -1.93. The molecule has 0 radical (unpaired) electrons. The molecule has 0 atom stereocenters. The van der Waals surface area contributed by atoms with E-state index in [1.54, 1.807) is 0 Å². The first-order chi connectivity index (χ1) is 6.61. The lowest BCUT2D eigenvalue weighted by Gasteiger charge is -1.99. The van der Waals surface area contributed by atoms with E-state index in [9.17, 15) is 0 Å². The summed E-state index contributed by atoms with van der Waals surface area (Å²) in [6, 6.07) is 0. The predicted molar refractivity (Wildman–Crippen MR) is 65.3 cm³/mol. The molecule has 0 aromatic rings. The fourth-order valence-electron chi connectivity index (χ4n) is 0.890. The van der Waals surface area contributed by atoms with Gasteiger partial charge in [-0.3, -0.25) is 9.98 Å². The molecule has 0 saturated carbocycles. The second-order valence-electron chi connectivity index (χ2n) is 3.59. The molecule has 0 aliphatic rings. The van der Waals surface area contributed by atoms with E-state index >= 15 is 0 Å². The molecule has 0 aromatic carbocycles. The molecule has 0 rings (SSSR count). The Kier molecular flexibility index (Phi) is 6.63. The third kappa shape index (κ3) is 5.46. The summed E-state index contributed by atoms with van der Waals surface area (Å²) in [5.74, 6) is 0.593. The highest BCUT2D eigenvalue weighted by Gasteiger charge is 1.93. The number of hydrogen-bond acceptors (Lipinski definition) is 2. The van der Waals surface area contributed by atoms with Crippen LogP contribution in [0.15, 0.2) is 33.4 Å². The molecule has 0 fully saturated rings. The first-order valence-corrected chi connectivity index (χ1v) is 4.92. The van der Waals surface area contributed by atoms with Crippen LogP contribution in [0.25, 0.3) is 0 Å². The maximum absolute atomic E-state index is 4.34. The molecule has 0 aliphatic heterocycles. The Morgan fingerprint density at radius 1 is 1.43 bits per heavy atom. The first-order valence-electron chi connectivity index (χ1n) is 4.92. The van der Waals surface area contributed by atoms with Crippen molar-refractivity contribution in [1.82, 2.24) is 0 Å². The van der Waals surface area contributed by atoms with Crippen molar-refractivity contribution in [2.45, 2.75) is 27.7 Å². The van der Waals surface area contributed by atoms with Gasteiger partial charge in [0.2, 0.25) is 0 Å². The van der Waals surface area contributed by atoms with Crippen molar-refractivity contribution in [1.29, 1.82) is 0 Å². The van der Waals surface area contributed by atoms with Gasteiger partial charge in [0, 0.05) is 24.0 Å². The molecule has 0 N–H and O–H groups in total. The molecule has 0 saturated heterocycles. The molecule has 0 unspecified atom stereocenters. The van der Waals surface area contributed by atoms with E-state index in [1.807, 2.05) is 32.2 Å². The third-order valence-corrected chi connectivity index (χ3v) is 1.70. The van der Waals surface area contributed by atoms with Gasteiger partial charge >= 0.3 is 0 Å². The highest BCUT2D eigenvalue weighted by molar-refractivity contribution is 5.83. The van der Waals surface area contributed by atoms with E-state index in [0.29, 0.717) is 5.92 Å². The minimum absolute atomic E-state index is 0.593. The van der Waals surface area contributed by atoms with Crippen molar-refractivity contribution < 1.29 is 0 Å². The van der Waals surface area contributed by atoms with Gasteiger partial charge in [-0.05, 0) is 26.5 Å². The maximum atomic E-state index is 4.34. The standard InChI is InChI=1S/C12H20N2/c1-6-7-12(11(4)13-5)9-14-8-10(2)3/h6-7,9-10H,5,8H2,1-4H3/b7-6-,12-11-,14-9-. The van der Waals surface area contributed by atoms with Crippen LogP contribution < -0.4 is 0 Å². The zero-order valence-corrected chi connectivity index (χ0v) is 9.62. The lowest BCUT2D eigenvalue weighted by molar-refractivity contribution is 0.667. The van der Waals surface area contributed by atoms with E-state index in [1.165, 1.54) is 0 Å². The lowest BCUT2D eigenvalue weighted by atomic mass is 10.2. The van der Waals surface area contributed by atoms with Crippen molar-refractivity contribution in [2.24, 2.45) is 15.9 Å². The summed E-state index contributed by atoms with van der Waals surface area (Å²) in [6.07, 6.45) is 5.84. The van der Waals surface area contributed by atoms with Crippen LogP contribution in [0.2, 0.25) is 0 Å². The van der Waals surface area contributed by atoms with Crippen molar-refractivity contribution in [3.63, 3.8) is 0 Å². The predicted octanol–water partition coefficient (Wildman–Crippen LogP) is 3.26. The number of aliphatic imine (C=N–C) groups is 2. The maximum Gasteiger partial charge on any atom is 0.0452 e. The summed E-state index contributed by atoms with van der Waals surface area (Å²) in [5.41, 5.74) is 1.94. The van der Waals surface area contributed by atoms with Crippen molar-refractivity contribution in [3.8, 4) is 0 Å². The highest BCUT2D eigenvalue weighted by atomic mass is 14.7. The quantitative estimate of drug-likeness (QED) is 0.472. The molecule has 0 aliphatic carbocycles. The van der Waals surface area contributed by atoms with E-state index < -0.39 is 0 Å². The Morgan fingerprint density at radius 3 is 2.50 bits per heavy atom. The van der Waals surface area contributed by atoms with Crippen LogP contribution in [-0.2, 0) is 0 Å². The average Bonchev–Trinajstić information content (AvgIpc) is 2.15. The van der Waals surface area contributed by atoms with Gasteiger partial charge in [-0.25, -0.2) is 0 Å². The van der Waals surface area contributed by atoms with Gasteiger partial charge in [-0.2, -0.15) is 0 Å². The first kappa shape index (κ1) is 12.8. The minimum atomic E-state index is 0.593. The number of nitrogens with zero attached hydrogens (tertiary/aromatic N) is 2. The molecule has 0 heterocycles. The molecule has 0 amide bonds. The van der Waals surface area contributed by atoms with Gasteiger partial charge in [-0.1, -0.05) is 26.0 Å². The van der Waals surface area contributed by atoms with Gasteiger partial charge < -0.3 is 0 Å². The summed E-state index contributed by atoms with van der Waals surface area (Å²) in [6.45, 7) is 12.6. The number of allylic oxidation sites excluding steroid dienone is 4. The fraction of sp³-hybridized carbons (Fsp3) is 0.500. The van der Waals surface area contributed by atoms with Crippen LogP contribution in [0.5, 0.6) is 0 Å². The Labute approximate surface area is 87.2 Å². The van der Waals surface area contributed by atoms with Crippen LogP contribution in [0, 0.1) is 5.92 Å². The largest absolute Gasteiger partial charge is 0.292 e. The zero-order valence-electron chi connectivity index (χ0n) is 9.62. The second kappa shape index (κ2) is 7.25. The SMILES string of the molecule is C=N/C(C)=C(/C=C\C)\C=N/CC(C)C. The summed E-state index contributed by atoms with van der Waals surface area (Å²) in [5, 5.41) is 0. The molecule has 78 valence electrons. The van der Waals surface area contributed by atoms with Crippen LogP contribution in [-0.4, -0.2) is 19.5 Å². The highest BCUT2D eigenvalue weighted by Crippen LogP contribution is 2.04. The Bertz CT molecular complexity index is 257. The van der Waals surface area contributed by atoms with Crippen LogP contribution in [0.4, 0.5) is 0 Å². The summed E-state index contributed by atoms with van der Waals surface area (Å²) < 4.78 is 0. The number of rotatable bonds is 5. The van der Waals surface area contributed by atoms with Crippen LogP contribution >= 0.6 is 0 Å². The summed E-state index contributed by atoms with van der Waals surface area (Å²) in [7, 11) is 0. The van der Waals surface area contributed by atoms with Gasteiger partial charge in [-0.15, -0.1) is 0 Å². The normalized spacial score (nSPS) is 14.1. The smallest absolute Gasteiger partial charge is 0.0452 e. The van der Waals surface area contributed by atoms with E-state index in [-0.39, 0.29) is 0 Å². The van der Waals surface area contributed by atoms with Gasteiger partial charge in [0.25, 0.3) is 0 Å². The monoisotopic (exact) mass is 192 g/mol. The molecule has 0 spiro atoms. The molecular weight excluding hydrogens is 172 g/mol. The van der Waals surface area contributed by atoms with Gasteiger partial charge in [0.05, 0.1) is 0 Å².